The van der Waals surface area contributed by atoms with Crippen LogP contribution < -0.4 is 4.74 Å². The van der Waals surface area contributed by atoms with Gasteiger partial charge >= 0.3 is 0 Å². The lowest BCUT2D eigenvalue weighted by atomic mass is 9.58. The van der Waals surface area contributed by atoms with Crippen molar-refractivity contribution >= 4 is 5.65 Å². The Bertz CT molecular complexity index is 999. The average molecular weight is 363 g/mol. The van der Waals surface area contributed by atoms with E-state index < -0.39 is 5.60 Å². The third kappa shape index (κ3) is 2.56. The Morgan fingerprint density at radius 1 is 0.926 bits per heavy atom. The average Bonchev–Trinajstić information content (AvgIpc) is 3.12. The fourth-order valence-corrected chi connectivity index (χ4v) is 4.79. The SMILES string of the molecule is Cc1cccc(Oc2cccn3c(C45CCC(O)(CC4)CC5)nnc23)c1C. The Hall–Kier alpha value is -2.40. The van der Waals surface area contributed by atoms with Crippen LogP contribution in [0, 0.1) is 13.8 Å². The Morgan fingerprint density at radius 3 is 2.37 bits per heavy atom. The first-order valence-corrected chi connectivity index (χ1v) is 9.81. The number of fused-ring (bicyclic) bond motifs is 4. The summed E-state index contributed by atoms with van der Waals surface area (Å²) in [5.74, 6) is 2.60. The maximum atomic E-state index is 10.5. The lowest BCUT2D eigenvalue weighted by Crippen LogP contribution is -2.48. The minimum atomic E-state index is -0.445. The van der Waals surface area contributed by atoms with Crippen LogP contribution in [-0.4, -0.2) is 25.3 Å². The number of aliphatic hydroxyl groups is 1. The van der Waals surface area contributed by atoms with Gasteiger partial charge < -0.3 is 9.84 Å². The number of hydrogen-bond acceptors (Lipinski definition) is 4. The molecule has 2 heterocycles. The van der Waals surface area contributed by atoms with Gasteiger partial charge in [-0.05, 0) is 81.7 Å². The quantitative estimate of drug-likeness (QED) is 0.746. The fraction of sp³-hybridized carbons (Fsp3) is 0.455. The molecule has 0 unspecified atom stereocenters. The molecule has 3 aliphatic carbocycles. The molecule has 0 aliphatic heterocycles. The topological polar surface area (TPSA) is 59.7 Å². The summed E-state index contributed by atoms with van der Waals surface area (Å²) in [6, 6.07) is 10.0. The van der Waals surface area contributed by atoms with Crippen molar-refractivity contribution in [1.82, 2.24) is 14.6 Å². The molecule has 1 N–H and O–H groups in total. The minimum absolute atomic E-state index is 0.0295. The summed E-state index contributed by atoms with van der Waals surface area (Å²) in [5, 5.41) is 19.6. The number of pyridine rings is 1. The molecule has 140 valence electrons. The van der Waals surface area contributed by atoms with Crippen molar-refractivity contribution in [3.05, 3.63) is 53.5 Å². The predicted octanol–water partition coefficient (Wildman–Crippen LogP) is 4.48. The van der Waals surface area contributed by atoms with Crippen molar-refractivity contribution < 1.29 is 9.84 Å². The van der Waals surface area contributed by atoms with Gasteiger partial charge in [0.2, 0.25) is 5.65 Å². The third-order valence-corrected chi connectivity index (χ3v) is 6.85. The summed E-state index contributed by atoms with van der Waals surface area (Å²) in [5.41, 5.74) is 2.68. The van der Waals surface area contributed by atoms with Crippen molar-refractivity contribution in [3.63, 3.8) is 0 Å². The van der Waals surface area contributed by atoms with Gasteiger partial charge in [-0.15, -0.1) is 10.2 Å². The summed E-state index contributed by atoms with van der Waals surface area (Å²) >= 11 is 0. The van der Waals surface area contributed by atoms with Gasteiger partial charge in [-0.1, -0.05) is 12.1 Å². The lowest BCUT2D eigenvalue weighted by molar-refractivity contribution is -0.0682. The van der Waals surface area contributed by atoms with E-state index in [1.807, 2.05) is 30.5 Å². The van der Waals surface area contributed by atoms with Crippen LogP contribution in [0.1, 0.15) is 55.5 Å². The largest absolute Gasteiger partial charge is 0.453 e. The smallest absolute Gasteiger partial charge is 0.203 e. The van der Waals surface area contributed by atoms with E-state index in [1.165, 1.54) is 5.56 Å². The Balaban J connectivity index is 1.55. The van der Waals surface area contributed by atoms with E-state index in [0.29, 0.717) is 0 Å². The molecule has 5 heteroatoms. The molecule has 5 nitrogen and oxygen atoms in total. The van der Waals surface area contributed by atoms with Gasteiger partial charge in [0.15, 0.2) is 5.75 Å². The van der Waals surface area contributed by atoms with Crippen molar-refractivity contribution in [2.24, 2.45) is 0 Å². The second-order valence-electron chi connectivity index (χ2n) is 8.39. The second-order valence-corrected chi connectivity index (χ2v) is 8.39. The first-order valence-electron chi connectivity index (χ1n) is 9.81. The van der Waals surface area contributed by atoms with Crippen LogP contribution in [0.4, 0.5) is 0 Å². The van der Waals surface area contributed by atoms with Crippen molar-refractivity contribution in [2.75, 3.05) is 0 Å². The second kappa shape index (κ2) is 5.80. The van der Waals surface area contributed by atoms with E-state index >= 15 is 0 Å². The van der Waals surface area contributed by atoms with Gasteiger partial charge in [0.25, 0.3) is 0 Å². The van der Waals surface area contributed by atoms with E-state index in [9.17, 15) is 5.11 Å². The van der Waals surface area contributed by atoms with Crippen molar-refractivity contribution in [3.8, 4) is 11.5 Å². The monoisotopic (exact) mass is 363 g/mol. The molecule has 3 fully saturated rings. The van der Waals surface area contributed by atoms with Gasteiger partial charge in [0, 0.05) is 11.6 Å². The van der Waals surface area contributed by atoms with Crippen molar-refractivity contribution in [2.45, 2.75) is 63.4 Å². The Labute approximate surface area is 159 Å². The summed E-state index contributed by atoms with van der Waals surface area (Å²) in [4.78, 5) is 0. The first-order chi connectivity index (χ1) is 13.0. The van der Waals surface area contributed by atoms with Gasteiger partial charge in [0.1, 0.15) is 11.6 Å². The van der Waals surface area contributed by atoms with Gasteiger partial charge in [-0.25, -0.2) is 0 Å². The highest BCUT2D eigenvalue weighted by Crippen LogP contribution is 2.53. The summed E-state index contributed by atoms with van der Waals surface area (Å²) in [6.45, 7) is 4.16. The van der Waals surface area contributed by atoms with Gasteiger partial charge in [0.05, 0.1) is 5.60 Å². The summed E-state index contributed by atoms with van der Waals surface area (Å²) in [6.07, 6.45) is 7.55. The van der Waals surface area contributed by atoms with E-state index in [0.717, 1.165) is 67.1 Å². The van der Waals surface area contributed by atoms with E-state index in [4.69, 9.17) is 4.74 Å². The van der Waals surface area contributed by atoms with E-state index in [2.05, 4.69) is 34.5 Å². The van der Waals surface area contributed by atoms with E-state index in [-0.39, 0.29) is 5.41 Å². The number of nitrogens with zero attached hydrogens (tertiary/aromatic N) is 3. The van der Waals surface area contributed by atoms with Crippen LogP contribution >= 0.6 is 0 Å². The number of ether oxygens (including phenoxy) is 1. The molecule has 27 heavy (non-hydrogen) atoms. The van der Waals surface area contributed by atoms with Crippen molar-refractivity contribution in [1.29, 1.82) is 0 Å². The number of hydrogen-bond donors (Lipinski definition) is 1. The summed E-state index contributed by atoms with van der Waals surface area (Å²) < 4.78 is 8.33. The molecule has 0 amide bonds. The van der Waals surface area contributed by atoms with Crippen LogP contribution in [0.2, 0.25) is 0 Å². The minimum Gasteiger partial charge on any atom is -0.453 e. The number of aromatic nitrogens is 3. The Morgan fingerprint density at radius 2 is 1.63 bits per heavy atom. The standard InChI is InChI=1S/C22H25N3O2/c1-15-5-3-6-17(16(15)2)27-18-7-4-14-25-19(18)23-24-20(25)21-8-11-22(26,12-9-21)13-10-21/h3-7,14,26H,8-13H2,1-2H3. The third-order valence-electron chi connectivity index (χ3n) is 6.85. The normalized spacial score (nSPS) is 27.2. The Kier molecular flexibility index (Phi) is 3.60. The molecule has 3 aromatic rings. The molecule has 0 saturated heterocycles. The molecule has 2 aromatic heterocycles. The molecule has 0 atom stereocenters. The maximum absolute atomic E-state index is 10.5. The molecule has 1 aromatic carbocycles. The molecular formula is C22H25N3O2. The van der Waals surface area contributed by atoms with Crippen LogP contribution in [-0.2, 0) is 5.41 Å². The molecule has 6 rings (SSSR count). The highest BCUT2D eigenvalue weighted by atomic mass is 16.5. The predicted molar refractivity (Wildman–Crippen MR) is 103 cm³/mol. The van der Waals surface area contributed by atoms with E-state index in [1.54, 1.807) is 0 Å². The summed E-state index contributed by atoms with van der Waals surface area (Å²) in [7, 11) is 0. The molecule has 3 aliphatic rings. The highest BCUT2D eigenvalue weighted by Gasteiger charge is 2.50. The fourth-order valence-electron chi connectivity index (χ4n) is 4.79. The maximum Gasteiger partial charge on any atom is 0.203 e. The zero-order valence-electron chi connectivity index (χ0n) is 15.9. The first kappa shape index (κ1) is 16.8. The lowest BCUT2D eigenvalue weighted by Gasteiger charge is -2.49. The van der Waals surface area contributed by atoms with Crippen LogP contribution in [0.15, 0.2) is 36.5 Å². The van der Waals surface area contributed by atoms with Crippen LogP contribution in [0.5, 0.6) is 11.5 Å². The molecule has 3 saturated carbocycles. The van der Waals surface area contributed by atoms with Crippen LogP contribution in [0.3, 0.4) is 0 Å². The number of benzene rings is 1. The molecule has 2 bridgehead atoms. The molecule has 0 spiro atoms. The molecular weight excluding hydrogens is 338 g/mol. The van der Waals surface area contributed by atoms with Gasteiger partial charge in [-0.3, -0.25) is 4.40 Å². The number of rotatable bonds is 3. The molecule has 0 radical (unpaired) electrons. The number of aryl methyl sites for hydroxylation is 1. The van der Waals surface area contributed by atoms with Gasteiger partial charge in [-0.2, -0.15) is 0 Å². The zero-order chi connectivity index (χ0) is 18.6. The highest BCUT2D eigenvalue weighted by molar-refractivity contribution is 5.56. The zero-order valence-corrected chi connectivity index (χ0v) is 15.9. The van der Waals surface area contributed by atoms with Crippen LogP contribution in [0.25, 0.3) is 5.65 Å².